The highest BCUT2D eigenvalue weighted by molar-refractivity contribution is 6.30. The zero-order valence-corrected chi connectivity index (χ0v) is 15.4. The number of aromatic amines is 1. The molecule has 4 nitrogen and oxygen atoms in total. The molecule has 0 aliphatic rings. The Kier molecular flexibility index (Phi) is 4.42. The van der Waals surface area contributed by atoms with Gasteiger partial charge in [0.25, 0.3) is 0 Å². The van der Waals surface area contributed by atoms with Crippen LogP contribution in [0.1, 0.15) is 11.1 Å². The van der Waals surface area contributed by atoms with Crippen LogP contribution in [-0.2, 0) is 11.2 Å². The molecule has 0 amide bonds. The normalized spacial score (nSPS) is 11.0. The van der Waals surface area contributed by atoms with E-state index in [9.17, 15) is 9.90 Å². The number of hydrogen-bond acceptors (Lipinski definition) is 2. The molecule has 0 atom stereocenters. The molecule has 3 aromatic carbocycles. The molecule has 0 saturated carbocycles. The number of halogens is 1. The summed E-state index contributed by atoms with van der Waals surface area (Å²) in [6.07, 6.45) is 1.70. The van der Waals surface area contributed by atoms with Crippen molar-refractivity contribution in [3.05, 3.63) is 76.9 Å². The van der Waals surface area contributed by atoms with Gasteiger partial charge in [-0.2, -0.15) is 5.10 Å². The Hall–Kier alpha value is -3.11. The first-order chi connectivity index (χ1) is 13.0. The number of carboxylic acids is 1. The highest BCUT2D eigenvalue weighted by Gasteiger charge is 2.16. The first-order valence-electron chi connectivity index (χ1n) is 8.56. The predicted octanol–water partition coefficient (Wildman–Crippen LogP) is 5.49. The SMILES string of the molecule is Cc1cc2cc(-c3ccn[nH]3)ccc2c(-c2ccc(Cl)cc2)c1CC(=O)O. The van der Waals surface area contributed by atoms with E-state index in [1.165, 1.54) is 0 Å². The number of benzene rings is 3. The summed E-state index contributed by atoms with van der Waals surface area (Å²) in [5.74, 6) is -0.846. The molecule has 2 N–H and O–H groups in total. The molecular weight excluding hydrogens is 360 g/mol. The summed E-state index contributed by atoms with van der Waals surface area (Å²) in [5.41, 5.74) is 5.66. The van der Waals surface area contributed by atoms with E-state index in [0.717, 1.165) is 44.3 Å². The van der Waals surface area contributed by atoms with Crippen molar-refractivity contribution in [2.45, 2.75) is 13.3 Å². The highest BCUT2D eigenvalue weighted by Crippen LogP contribution is 2.37. The lowest BCUT2D eigenvalue weighted by Gasteiger charge is -2.16. The lowest BCUT2D eigenvalue weighted by molar-refractivity contribution is -0.136. The predicted molar refractivity (Wildman–Crippen MR) is 108 cm³/mol. The number of H-pyrrole nitrogens is 1. The van der Waals surface area contributed by atoms with E-state index < -0.39 is 5.97 Å². The highest BCUT2D eigenvalue weighted by atomic mass is 35.5. The van der Waals surface area contributed by atoms with E-state index in [1.54, 1.807) is 6.20 Å². The van der Waals surface area contributed by atoms with E-state index in [-0.39, 0.29) is 6.42 Å². The minimum atomic E-state index is -0.846. The van der Waals surface area contributed by atoms with Gasteiger partial charge in [0, 0.05) is 16.8 Å². The van der Waals surface area contributed by atoms with Crippen LogP contribution in [0.3, 0.4) is 0 Å². The molecule has 0 aliphatic heterocycles. The number of aliphatic carboxylic acids is 1. The fourth-order valence-electron chi connectivity index (χ4n) is 3.50. The molecule has 134 valence electrons. The average molecular weight is 377 g/mol. The van der Waals surface area contributed by atoms with Crippen LogP contribution < -0.4 is 0 Å². The van der Waals surface area contributed by atoms with E-state index in [0.29, 0.717) is 5.02 Å². The van der Waals surface area contributed by atoms with Gasteiger partial charge < -0.3 is 5.11 Å². The number of fused-ring (bicyclic) bond motifs is 1. The first kappa shape index (κ1) is 17.3. The van der Waals surface area contributed by atoms with E-state index in [2.05, 4.69) is 16.3 Å². The molecule has 0 radical (unpaired) electrons. The quantitative estimate of drug-likeness (QED) is 0.495. The van der Waals surface area contributed by atoms with Gasteiger partial charge in [-0.3, -0.25) is 9.89 Å². The number of nitrogens with zero attached hydrogens (tertiary/aromatic N) is 1. The van der Waals surface area contributed by atoms with Gasteiger partial charge in [-0.25, -0.2) is 0 Å². The monoisotopic (exact) mass is 376 g/mol. The summed E-state index contributed by atoms with van der Waals surface area (Å²) in [7, 11) is 0. The van der Waals surface area contributed by atoms with Gasteiger partial charge in [0.05, 0.1) is 12.1 Å². The molecule has 0 bridgehead atoms. The second-order valence-electron chi connectivity index (χ2n) is 6.53. The van der Waals surface area contributed by atoms with Crippen LogP contribution in [0.2, 0.25) is 5.02 Å². The number of aromatic nitrogens is 2. The van der Waals surface area contributed by atoms with Gasteiger partial charge in [0.2, 0.25) is 0 Å². The lowest BCUT2D eigenvalue weighted by atomic mass is 9.88. The molecular formula is C22H17ClN2O2. The van der Waals surface area contributed by atoms with Crippen LogP contribution in [0.15, 0.2) is 60.8 Å². The van der Waals surface area contributed by atoms with Crippen LogP contribution in [-0.4, -0.2) is 21.3 Å². The van der Waals surface area contributed by atoms with Gasteiger partial charge in [0.1, 0.15) is 0 Å². The van der Waals surface area contributed by atoms with E-state index in [1.807, 2.05) is 55.5 Å². The Morgan fingerprint density at radius 1 is 1.07 bits per heavy atom. The van der Waals surface area contributed by atoms with Crippen LogP contribution >= 0.6 is 11.6 Å². The molecule has 4 aromatic rings. The maximum absolute atomic E-state index is 11.5. The Balaban J connectivity index is 2.00. The molecule has 0 saturated heterocycles. The number of aryl methyl sites for hydroxylation is 1. The lowest BCUT2D eigenvalue weighted by Crippen LogP contribution is -2.05. The largest absolute Gasteiger partial charge is 0.481 e. The van der Waals surface area contributed by atoms with E-state index in [4.69, 9.17) is 11.6 Å². The maximum Gasteiger partial charge on any atom is 0.307 e. The van der Waals surface area contributed by atoms with Crippen molar-refractivity contribution in [2.75, 3.05) is 0 Å². The van der Waals surface area contributed by atoms with Crippen LogP contribution in [0.25, 0.3) is 33.2 Å². The number of rotatable bonds is 4. The van der Waals surface area contributed by atoms with Crippen molar-refractivity contribution in [1.29, 1.82) is 0 Å². The van der Waals surface area contributed by atoms with Gasteiger partial charge in [-0.1, -0.05) is 41.9 Å². The Labute approximate surface area is 161 Å². The molecule has 1 heterocycles. The number of nitrogens with one attached hydrogen (secondary N) is 1. The molecule has 0 fully saturated rings. The molecule has 1 aromatic heterocycles. The minimum Gasteiger partial charge on any atom is -0.481 e. The zero-order valence-electron chi connectivity index (χ0n) is 14.7. The third kappa shape index (κ3) is 3.32. The van der Waals surface area contributed by atoms with Crippen molar-refractivity contribution in [2.24, 2.45) is 0 Å². The third-order valence-electron chi connectivity index (χ3n) is 4.74. The van der Waals surface area contributed by atoms with Crippen molar-refractivity contribution in [3.63, 3.8) is 0 Å². The average Bonchev–Trinajstić information content (AvgIpc) is 3.17. The molecule has 0 unspecified atom stereocenters. The number of hydrogen-bond donors (Lipinski definition) is 2. The second kappa shape index (κ2) is 6.89. The summed E-state index contributed by atoms with van der Waals surface area (Å²) in [5, 5.41) is 19.1. The fourth-order valence-corrected chi connectivity index (χ4v) is 3.63. The smallest absolute Gasteiger partial charge is 0.307 e. The first-order valence-corrected chi connectivity index (χ1v) is 8.94. The van der Waals surface area contributed by atoms with Gasteiger partial charge in [-0.05, 0) is 64.2 Å². The van der Waals surface area contributed by atoms with Crippen LogP contribution in [0, 0.1) is 6.92 Å². The molecule has 0 spiro atoms. The Bertz CT molecular complexity index is 1130. The zero-order chi connectivity index (χ0) is 19.0. The van der Waals surface area contributed by atoms with Gasteiger partial charge in [0.15, 0.2) is 0 Å². The summed E-state index contributed by atoms with van der Waals surface area (Å²) in [4.78, 5) is 11.5. The van der Waals surface area contributed by atoms with E-state index >= 15 is 0 Å². The summed E-state index contributed by atoms with van der Waals surface area (Å²) < 4.78 is 0. The number of carbonyl (C=O) groups is 1. The second-order valence-corrected chi connectivity index (χ2v) is 6.97. The summed E-state index contributed by atoms with van der Waals surface area (Å²) in [6, 6.07) is 17.7. The maximum atomic E-state index is 11.5. The van der Waals surface area contributed by atoms with Crippen molar-refractivity contribution in [3.8, 4) is 22.4 Å². The van der Waals surface area contributed by atoms with Crippen LogP contribution in [0.5, 0.6) is 0 Å². The van der Waals surface area contributed by atoms with Crippen molar-refractivity contribution >= 4 is 28.3 Å². The fraction of sp³-hybridized carbons (Fsp3) is 0.0909. The van der Waals surface area contributed by atoms with Gasteiger partial charge in [-0.15, -0.1) is 0 Å². The van der Waals surface area contributed by atoms with Crippen molar-refractivity contribution < 1.29 is 9.90 Å². The topological polar surface area (TPSA) is 66.0 Å². The minimum absolute atomic E-state index is 0.0258. The third-order valence-corrected chi connectivity index (χ3v) is 5.00. The van der Waals surface area contributed by atoms with Gasteiger partial charge >= 0.3 is 5.97 Å². The Morgan fingerprint density at radius 2 is 1.81 bits per heavy atom. The van der Waals surface area contributed by atoms with Crippen molar-refractivity contribution in [1.82, 2.24) is 10.2 Å². The molecule has 0 aliphatic carbocycles. The number of carboxylic acid groups (broad SMARTS) is 1. The Morgan fingerprint density at radius 3 is 2.48 bits per heavy atom. The standard InChI is InChI=1S/C22H17ClN2O2/c1-13-10-16-11-15(20-8-9-24-25-20)4-7-18(16)22(19(13)12-21(26)27)14-2-5-17(23)6-3-14/h2-11H,12H2,1H3,(H,24,25)(H,26,27). The summed E-state index contributed by atoms with van der Waals surface area (Å²) in [6.45, 7) is 1.96. The molecule has 27 heavy (non-hydrogen) atoms. The molecule has 5 heteroatoms. The summed E-state index contributed by atoms with van der Waals surface area (Å²) >= 11 is 6.05. The van der Waals surface area contributed by atoms with Crippen LogP contribution in [0.4, 0.5) is 0 Å². The molecule has 4 rings (SSSR count).